The van der Waals surface area contributed by atoms with Gasteiger partial charge >= 0.3 is 0 Å². The van der Waals surface area contributed by atoms with Crippen LogP contribution >= 0.6 is 0 Å². The third-order valence-corrected chi connectivity index (χ3v) is 5.25. The summed E-state index contributed by atoms with van der Waals surface area (Å²) in [6, 6.07) is 8.13. The van der Waals surface area contributed by atoms with Crippen LogP contribution in [0.25, 0.3) is 0 Å². The minimum atomic E-state index is -0.641. The molecule has 1 saturated heterocycles. The molecule has 3 rings (SSSR count). The quantitative estimate of drug-likeness (QED) is 0.668. The number of rotatable bonds is 6. The van der Waals surface area contributed by atoms with Crippen LogP contribution in [-0.4, -0.2) is 58.9 Å². The summed E-state index contributed by atoms with van der Waals surface area (Å²) in [5.74, 6) is 6.64. The number of nitrogens with zero attached hydrogens (tertiary/aromatic N) is 1. The number of benzene rings is 1. The Morgan fingerprint density at radius 1 is 1.27 bits per heavy atom. The number of aliphatic hydroxyl groups excluding tert-OH is 2. The van der Waals surface area contributed by atoms with Gasteiger partial charge in [-0.1, -0.05) is 24.0 Å². The highest BCUT2D eigenvalue weighted by molar-refractivity contribution is 5.73. The van der Waals surface area contributed by atoms with Crippen molar-refractivity contribution in [2.75, 3.05) is 19.7 Å². The largest absolute Gasteiger partial charge is 0.395 e. The summed E-state index contributed by atoms with van der Waals surface area (Å²) in [7, 11) is 0. The minimum Gasteiger partial charge on any atom is -0.395 e. The van der Waals surface area contributed by atoms with Crippen molar-refractivity contribution in [3.63, 3.8) is 0 Å². The van der Waals surface area contributed by atoms with Gasteiger partial charge in [0.15, 0.2) is 0 Å². The van der Waals surface area contributed by atoms with Gasteiger partial charge in [0.05, 0.1) is 6.61 Å². The van der Waals surface area contributed by atoms with Crippen molar-refractivity contribution in [2.45, 2.75) is 50.8 Å². The zero-order chi connectivity index (χ0) is 18.7. The summed E-state index contributed by atoms with van der Waals surface area (Å²) in [4.78, 5) is 13.9. The summed E-state index contributed by atoms with van der Waals surface area (Å²) >= 11 is 0. The Balaban J connectivity index is 1.69. The van der Waals surface area contributed by atoms with Crippen molar-refractivity contribution in [1.82, 2.24) is 10.2 Å². The average Bonchev–Trinajstić information content (AvgIpc) is 3.40. The molecule has 0 bridgehead atoms. The number of hydrogen-bond acceptors (Lipinski definition) is 4. The second-order valence-corrected chi connectivity index (χ2v) is 7.52. The number of nitrogens with one attached hydrogen (secondary N) is 1. The Bertz CT molecular complexity index is 685. The van der Waals surface area contributed by atoms with Crippen LogP contribution in [0.3, 0.4) is 0 Å². The third kappa shape index (κ3) is 4.64. The third-order valence-electron chi connectivity index (χ3n) is 5.25. The Morgan fingerprint density at radius 3 is 2.50 bits per heavy atom. The first-order valence-corrected chi connectivity index (χ1v) is 9.40. The predicted octanol–water partition coefficient (Wildman–Crippen LogP) is 1.09. The Labute approximate surface area is 155 Å². The number of carbonyl (C=O) groups is 1. The van der Waals surface area contributed by atoms with Crippen molar-refractivity contribution in [1.29, 1.82) is 0 Å². The van der Waals surface area contributed by atoms with Gasteiger partial charge in [-0.15, -0.1) is 0 Å². The fourth-order valence-electron chi connectivity index (χ4n) is 3.60. The molecule has 140 valence electrons. The standard InChI is InChI=1S/C21H28N2O3/c1-14(25)3-4-16-7-9-18(10-8-16)21-19(22-20(21)13-24)12-23(15(2)26)11-17-5-6-17/h7-10,14,17,19-22,24-25H,5-6,11-13H2,1-2H3/t14-,19+,20+,21+/m0/s1. The van der Waals surface area contributed by atoms with Crippen LogP contribution in [0.15, 0.2) is 24.3 Å². The van der Waals surface area contributed by atoms with E-state index in [2.05, 4.69) is 17.2 Å². The highest BCUT2D eigenvalue weighted by Gasteiger charge is 2.42. The molecule has 3 N–H and O–H groups in total. The van der Waals surface area contributed by atoms with Gasteiger partial charge in [-0.05, 0) is 43.4 Å². The topological polar surface area (TPSA) is 72.8 Å². The second kappa shape index (κ2) is 8.22. The maximum Gasteiger partial charge on any atom is 0.219 e. The van der Waals surface area contributed by atoms with E-state index < -0.39 is 6.10 Å². The van der Waals surface area contributed by atoms with E-state index in [-0.39, 0.29) is 30.5 Å². The first-order chi connectivity index (χ1) is 12.5. The molecule has 0 aromatic heterocycles. The van der Waals surface area contributed by atoms with E-state index in [1.54, 1.807) is 13.8 Å². The smallest absolute Gasteiger partial charge is 0.219 e. The van der Waals surface area contributed by atoms with Gasteiger partial charge in [0.1, 0.15) is 6.10 Å². The molecule has 1 aliphatic carbocycles. The fraction of sp³-hybridized carbons (Fsp3) is 0.571. The van der Waals surface area contributed by atoms with Crippen molar-refractivity contribution < 1.29 is 15.0 Å². The Hall–Kier alpha value is -1.87. The van der Waals surface area contributed by atoms with Gasteiger partial charge in [0, 0.05) is 43.6 Å². The highest BCUT2D eigenvalue weighted by atomic mass is 16.3. The lowest BCUT2D eigenvalue weighted by Crippen LogP contribution is -2.65. The average molecular weight is 356 g/mol. The molecule has 2 aliphatic rings. The van der Waals surface area contributed by atoms with E-state index in [1.165, 1.54) is 12.8 Å². The first kappa shape index (κ1) is 18.9. The molecular weight excluding hydrogens is 328 g/mol. The van der Waals surface area contributed by atoms with E-state index in [9.17, 15) is 15.0 Å². The van der Waals surface area contributed by atoms with E-state index in [4.69, 9.17) is 0 Å². The summed E-state index contributed by atoms with van der Waals surface area (Å²) in [5.41, 5.74) is 2.00. The van der Waals surface area contributed by atoms with Crippen LogP contribution in [0.5, 0.6) is 0 Å². The van der Waals surface area contributed by atoms with Crippen molar-refractivity contribution in [3.8, 4) is 11.8 Å². The molecule has 4 atom stereocenters. The van der Waals surface area contributed by atoms with Crippen LogP contribution in [0.1, 0.15) is 43.7 Å². The van der Waals surface area contributed by atoms with Crippen molar-refractivity contribution in [2.24, 2.45) is 5.92 Å². The van der Waals surface area contributed by atoms with Gasteiger partial charge in [-0.2, -0.15) is 0 Å². The van der Waals surface area contributed by atoms with E-state index >= 15 is 0 Å². The summed E-state index contributed by atoms with van der Waals surface area (Å²) in [6.07, 6.45) is 1.80. The van der Waals surface area contributed by atoms with E-state index in [1.807, 2.05) is 29.2 Å². The molecule has 5 nitrogen and oxygen atoms in total. The monoisotopic (exact) mass is 356 g/mol. The van der Waals surface area contributed by atoms with Crippen molar-refractivity contribution >= 4 is 5.91 Å². The van der Waals surface area contributed by atoms with Gasteiger partial charge in [0.2, 0.25) is 5.91 Å². The summed E-state index contributed by atoms with van der Waals surface area (Å²) < 4.78 is 0. The molecule has 2 fully saturated rings. The molecule has 1 amide bonds. The van der Waals surface area contributed by atoms with Crippen LogP contribution in [0, 0.1) is 17.8 Å². The van der Waals surface area contributed by atoms with Crippen molar-refractivity contribution in [3.05, 3.63) is 35.4 Å². The van der Waals surface area contributed by atoms with Crippen LogP contribution in [-0.2, 0) is 4.79 Å². The maximum absolute atomic E-state index is 12.0. The zero-order valence-corrected chi connectivity index (χ0v) is 15.5. The highest BCUT2D eigenvalue weighted by Crippen LogP contribution is 2.34. The maximum atomic E-state index is 12.0. The van der Waals surface area contributed by atoms with Gasteiger partial charge < -0.3 is 20.4 Å². The molecule has 0 radical (unpaired) electrons. The lowest BCUT2D eigenvalue weighted by molar-refractivity contribution is -0.130. The molecule has 1 aromatic carbocycles. The molecule has 5 heteroatoms. The summed E-state index contributed by atoms with van der Waals surface area (Å²) in [6.45, 7) is 4.87. The SMILES string of the molecule is CC(=O)N(CC1CC1)C[C@H]1N[C@H](CO)[C@@H]1c1ccc(C#C[C@H](C)O)cc1. The zero-order valence-electron chi connectivity index (χ0n) is 15.5. The number of hydrogen-bond donors (Lipinski definition) is 3. The molecular formula is C21H28N2O3. The number of aliphatic hydroxyl groups is 2. The lowest BCUT2D eigenvalue weighted by Gasteiger charge is -2.47. The fourth-order valence-corrected chi connectivity index (χ4v) is 3.60. The Kier molecular flexibility index (Phi) is 5.98. The molecule has 0 unspecified atom stereocenters. The molecule has 1 aliphatic heterocycles. The molecule has 26 heavy (non-hydrogen) atoms. The van der Waals surface area contributed by atoms with E-state index in [0.29, 0.717) is 12.5 Å². The van der Waals surface area contributed by atoms with E-state index in [0.717, 1.165) is 17.7 Å². The molecule has 0 spiro atoms. The van der Waals surface area contributed by atoms with Gasteiger partial charge in [-0.25, -0.2) is 0 Å². The molecule has 1 saturated carbocycles. The normalized spacial score (nSPS) is 25.6. The van der Waals surface area contributed by atoms with Gasteiger partial charge in [-0.3, -0.25) is 4.79 Å². The predicted molar refractivity (Wildman–Crippen MR) is 101 cm³/mol. The minimum absolute atomic E-state index is 0.0177. The van der Waals surface area contributed by atoms with Crippen LogP contribution in [0.4, 0.5) is 0 Å². The van der Waals surface area contributed by atoms with Gasteiger partial charge in [0.25, 0.3) is 0 Å². The van der Waals surface area contributed by atoms with Crippen LogP contribution in [0.2, 0.25) is 0 Å². The lowest BCUT2D eigenvalue weighted by atomic mass is 9.77. The molecule has 1 aromatic rings. The molecule has 1 heterocycles. The number of carbonyl (C=O) groups excluding carboxylic acids is 1. The number of amides is 1. The summed E-state index contributed by atoms with van der Waals surface area (Å²) in [5, 5.41) is 22.3. The Morgan fingerprint density at radius 2 is 1.96 bits per heavy atom. The first-order valence-electron chi connectivity index (χ1n) is 9.40. The van der Waals surface area contributed by atoms with Crippen LogP contribution < -0.4 is 5.32 Å². The second-order valence-electron chi connectivity index (χ2n) is 7.52.